The van der Waals surface area contributed by atoms with Crippen LogP contribution in [0, 0.1) is 17.8 Å². The zero-order chi connectivity index (χ0) is 36.3. The average Bonchev–Trinajstić information content (AvgIpc) is 3.21. The van der Waals surface area contributed by atoms with Crippen molar-refractivity contribution in [2.75, 3.05) is 20.2 Å². The molecular weight excluding hydrogens is 661 g/mol. The number of carbonyl (C=O) groups is 3. The van der Waals surface area contributed by atoms with Gasteiger partial charge in [0.25, 0.3) is 0 Å². The summed E-state index contributed by atoms with van der Waals surface area (Å²) in [6.07, 6.45) is -0.423. The molecule has 1 fully saturated rings. The molecule has 48 heavy (non-hydrogen) atoms. The summed E-state index contributed by atoms with van der Waals surface area (Å²) in [5.41, 5.74) is -2.68. The van der Waals surface area contributed by atoms with Crippen molar-refractivity contribution in [3.8, 4) is 0 Å². The zero-order valence-electron chi connectivity index (χ0n) is 29.0. The Labute approximate surface area is 279 Å². The van der Waals surface area contributed by atoms with Gasteiger partial charge in [-0.1, -0.05) is 39.0 Å². The number of halogens is 2. The van der Waals surface area contributed by atoms with E-state index in [1.807, 2.05) is 0 Å². The molecule has 17 heteroatoms. The molecule has 0 aromatic carbocycles. The van der Waals surface area contributed by atoms with Gasteiger partial charge in [0.1, 0.15) is 6.10 Å². The third-order valence-electron chi connectivity index (χ3n) is 6.99. The third kappa shape index (κ3) is 12.6. The van der Waals surface area contributed by atoms with Gasteiger partial charge in [0, 0.05) is 18.3 Å². The first-order valence-corrected chi connectivity index (χ1v) is 17.3. The molecule has 1 saturated heterocycles. The first-order valence-electron chi connectivity index (χ1n) is 15.9. The van der Waals surface area contributed by atoms with E-state index < -0.39 is 86.8 Å². The summed E-state index contributed by atoms with van der Waals surface area (Å²) in [7, 11) is -4.83. The molecule has 14 nitrogen and oxygen atoms in total. The number of aromatic nitrogens is 2. The molecule has 1 aromatic heterocycles. The standard InChI is InChI=1S/C31H49F2N2O12P/c1-9-10-11-12-13-14-15-23(36)47-24-22(46-25(31(24,32)33)35-17-16-21(2)34-28(35)39)18-43-48(40,44-19-41-26(37)29(3,4)5)45-20-42-27(38)30(6,7)8/h16-17,22,24-25H,9-15,18-20H2,1-8H3/t22-,24-,25-/m1/s1. The molecule has 0 amide bonds. The van der Waals surface area contributed by atoms with Crippen LogP contribution in [0.3, 0.4) is 0 Å². The van der Waals surface area contributed by atoms with Gasteiger partial charge in [0.05, 0.1) is 17.4 Å². The van der Waals surface area contributed by atoms with Crippen molar-refractivity contribution in [1.29, 1.82) is 0 Å². The number of rotatable bonds is 18. The minimum absolute atomic E-state index is 0.147. The van der Waals surface area contributed by atoms with Crippen molar-refractivity contribution in [2.24, 2.45) is 10.8 Å². The fourth-order valence-corrected chi connectivity index (χ4v) is 5.09. The number of hydrogen-bond acceptors (Lipinski definition) is 13. The lowest BCUT2D eigenvalue weighted by Crippen LogP contribution is -2.44. The topological polar surface area (TPSA) is 168 Å². The zero-order valence-corrected chi connectivity index (χ0v) is 29.8. The molecule has 0 radical (unpaired) electrons. The monoisotopic (exact) mass is 710 g/mol. The van der Waals surface area contributed by atoms with Gasteiger partial charge < -0.3 is 18.9 Å². The summed E-state index contributed by atoms with van der Waals surface area (Å²) in [4.78, 5) is 53.3. The first kappa shape index (κ1) is 41.4. The van der Waals surface area contributed by atoms with Gasteiger partial charge in [-0.2, -0.15) is 13.8 Å². The second kappa shape index (κ2) is 17.7. The van der Waals surface area contributed by atoms with E-state index in [9.17, 15) is 23.7 Å². The fraction of sp³-hybridized carbons (Fsp3) is 0.774. The largest absolute Gasteiger partial charge is 0.480 e. The van der Waals surface area contributed by atoms with Crippen molar-refractivity contribution in [2.45, 2.75) is 125 Å². The predicted octanol–water partition coefficient (Wildman–Crippen LogP) is 6.00. The van der Waals surface area contributed by atoms with Crippen LogP contribution in [0.2, 0.25) is 0 Å². The minimum atomic E-state index is -4.83. The van der Waals surface area contributed by atoms with Crippen LogP contribution in [-0.4, -0.2) is 65.8 Å². The van der Waals surface area contributed by atoms with Gasteiger partial charge in [-0.25, -0.2) is 18.4 Å². The number of unbranched alkanes of at least 4 members (excludes halogenated alkanes) is 5. The van der Waals surface area contributed by atoms with Gasteiger partial charge in [-0.15, -0.1) is 0 Å². The summed E-state index contributed by atoms with van der Waals surface area (Å²) in [5, 5.41) is 0. The van der Waals surface area contributed by atoms with Crippen LogP contribution in [0.5, 0.6) is 0 Å². The summed E-state index contributed by atoms with van der Waals surface area (Å²) >= 11 is 0. The van der Waals surface area contributed by atoms with E-state index in [4.69, 9.17) is 32.5 Å². The molecule has 0 spiro atoms. The molecule has 0 saturated carbocycles. The smallest absolute Gasteiger partial charge is 0.453 e. The van der Waals surface area contributed by atoms with Crippen LogP contribution < -0.4 is 5.69 Å². The van der Waals surface area contributed by atoms with Crippen molar-refractivity contribution in [3.63, 3.8) is 0 Å². The summed E-state index contributed by atoms with van der Waals surface area (Å²) in [6, 6.07) is 1.32. The lowest BCUT2D eigenvalue weighted by Gasteiger charge is -2.25. The number of phosphoric acid groups is 1. The Kier molecular flexibility index (Phi) is 15.3. The fourth-order valence-electron chi connectivity index (χ4n) is 4.17. The van der Waals surface area contributed by atoms with Crippen LogP contribution in [0.15, 0.2) is 17.1 Å². The van der Waals surface area contributed by atoms with E-state index in [0.29, 0.717) is 17.4 Å². The summed E-state index contributed by atoms with van der Waals surface area (Å²) in [6.45, 7) is 10.1. The lowest BCUT2D eigenvalue weighted by atomic mass is 9.98. The number of carbonyl (C=O) groups excluding carboxylic acids is 3. The number of esters is 3. The number of phosphoric ester groups is 1. The van der Waals surface area contributed by atoms with Crippen LogP contribution in [-0.2, 0) is 51.5 Å². The average molecular weight is 711 g/mol. The molecule has 274 valence electrons. The third-order valence-corrected chi connectivity index (χ3v) is 8.30. The van der Waals surface area contributed by atoms with Crippen LogP contribution in [0.25, 0.3) is 0 Å². The molecule has 0 N–H and O–H groups in total. The van der Waals surface area contributed by atoms with E-state index in [1.54, 1.807) is 41.5 Å². The Morgan fingerprint density at radius 2 is 1.48 bits per heavy atom. The minimum Gasteiger partial charge on any atom is -0.453 e. The molecule has 3 atom stereocenters. The Hall–Kier alpha value is -2.78. The normalized spacial score (nSPS) is 19.6. The highest BCUT2D eigenvalue weighted by atomic mass is 31.2. The molecule has 1 aromatic rings. The Morgan fingerprint density at radius 1 is 0.938 bits per heavy atom. The first-order chi connectivity index (χ1) is 22.2. The quantitative estimate of drug-likeness (QED) is 0.0573. The molecule has 0 aliphatic carbocycles. The molecule has 0 unspecified atom stereocenters. The summed E-state index contributed by atoms with van der Waals surface area (Å²) < 4.78 is 82.0. The Bertz CT molecular complexity index is 1310. The van der Waals surface area contributed by atoms with E-state index >= 15 is 8.78 Å². The molecular formula is C31H49F2N2O12P. The highest BCUT2D eigenvalue weighted by Crippen LogP contribution is 2.51. The molecule has 2 rings (SSSR count). The Morgan fingerprint density at radius 3 is 2.00 bits per heavy atom. The van der Waals surface area contributed by atoms with Crippen molar-refractivity contribution in [1.82, 2.24) is 9.55 Å². The highest BCUT2D eigenvalue weighted by molar-refractivity contribution is 7.48. The summed E-state index contributed by atoms with van der Waals surface area (Å²) in [5.74, 6) is -6.38. The number of aryl methyl sites for hydroxylation is 1. The SMILES string of the molecule is CCCCCCCCC(=O)O[C@@H]1[C@@H](COP(=O)(OCOC(=O)C(C)(C)C)OCOC(=O)C(C)(C)C)O[C@@H](n2ccc(C)nc2=O)C1(F)F. The Balaban J connectivity index is 2.28. The molecule has 1 aliphatic rings. The second-order valence-electron chi connectivity index (χ2n) is 13.5. The lowest BCUT2D eigenvalue weighted by molar-refractivity contribution is -0.176. The predicted molar refractivity (Wildman–Crippen MR) is 167 cm³/mol. The van der Waals surface area contributed by atoms with Gasteiger partial charge >= 0.3 is 37.3 Å². The van der Waals surface area contributed by atoms with Crippen molar-refractivity contribution >= 4 is 25.7 Å². The molecule has 1 aliphatic heterocycles. The van der Waals surface area contributed by atoms with Crippen LogP contribution in [0.4, 0.5) is 8.78 Å². The molecule has 0 bridgehead atoms. The van der Waals surface area contributed by atoms with E-state index in [-0.39, 0.29) is 12.1 Å². The highest BCUT2D eigenvalue weighted by Gasteiger charge is 2.63. The maximum atomic E-state index is 15.9. The van der Waals surface area contributed by atoms with Crippen molar-refractivity contribution in [3.05, 3.63) is 28.4 Å². The maximum Gasteiger partial charge on any atom is 0.480 e. The van der Waals surface area contributed by atoms with Gasteiger partial charge in [0.15, 0.2) is 6.10 Å². The molecule has 2 heterocycles. The number of ether oxygens (including phenoxy) is 4. The van der Waals surface area contributed by atoms with E-state index in [1.165, 1.54) is 13.0 Å². The number of nitrogens with zero attached hydrogens (tertiary/aromatic N) is 2. The van der Waals surface area contributed by atoms with Crippen LogP contribution >= 0.6 is 7.82 Å². The van der Waals surface area contributed by atoms with Crippen molar-refractivity contribution < 1.29 is 60.2 Å². The second-order valence-corrected chi connectivity index (χ2v) is 15.2. The number of hydrogen-bond donors (Lipinski definition) is 0. The van der Waals surface area contributed by atoms with E-state index in [0.717, 1.165) is 31.9 Å². The van der Waals surface area contributed by atoms with E-state index in [2.05, 4.69) is 11.9 Å². The van der Waals surface area contributed by atoms with Crippen LogP contribution in [0.1, 0.15) is 105 Å². The van der Waals surface area contributed by atoms with Gasteiger partial charge in [-0.3, -0.25) is 23.5 Å². The number of alkyl halides is 2. The van der Waals surface area contributed by atoms with Gasteiger partial charge in [-0.05, 0) is 61.0 Å². The maximum absolute atomic E-state index is 15.9. The van der Waals surface area contributed by atoms with Gasteiger partial charge in [0.2, 0.25) is 19.8 Å².